The van der Waals surface area contributed by atoms with E-state index in [1.807, 2.05) is 70.2 Å². The Morgan fingerprint density at radius 1 is 0.620 bits per heavy atom. The molecule has 4 N–H and O–H groups in total. The molecule has 6 nitrogen and oxygen atoms in total. The second-order valence-electron chi connectivity index (χ2n) is 14.6. The summed E-state index contributed by atoms with van der Waals surface area (Å²) in [6.45, 7) is 17.3. The summed E-state index contributed by atoms with van der Waals surface area (Å²) in [6, 6.07) is 23.6. The highest BCUT2D eigenvalue weighted by Crippen LogP contribution is 2.35. The number of hydrogen-bond acceptors (Lipinski definition) is 4. The number of amides is 2. The van der Waals surface area contributed by atoms with Gasteiger partial charge < -0.3 is 16.4 Å². The Morgan fingerprint density at radius 2 is 0.980 bits per heavy atom. The van der Waals surface area contributed by atoms with Crippen LogP contribution in [0.5, 0.6) is 0 Å². The third kappa shape index (κ3) is 8.84. The Morgan fingerprint density at radius 3 is 1.36 bits per heavy atom. The summed E-state index contributed by atoms with van der Waals surface area (Å²) in [5.41, 5.74) is 10.8. The van der Waals surface area contributed by atoms with Gasteiger partial charge in [-0.1, -0.05) is 72.8 Å². The standard InChI is InChI=1S/C23H29FN2O.C19H23FN2O/c1-16-10-9-11-17(2)20(16)22(27)25-21(18-12-5-6-13-19(18)24)23(3,4)26-14-7-8-15-26;1-12-8-7-9-13(2)16(12)18(23)22-17(19(3,4)21)14-10-5-6-11-15(14)20/h5-6,9-13,21H,7-8,14-15H2,1-4H3,(H,25,27);5-11,17H,21H2,1-4H3,(H,22,23). The third-order valence-electron chi connectivity index (χ3n) is 9.77. The molecule has 1 aliphatic rings. The van der Waals surface area contributed by atoms with Crippen molar-refractivity contribution < 1.29 is 18.4 Å². The van der Waals surface area contributed by atoms with Crippen LogP contribution < -0.4 is 16.4 Å². The maximum Gasteiger partial charge on any atom is 0.252 e. The molecule has 1 heterocycles. The number of nitrogens with two attached hydrogens (primary N) is 1. The number of halogens is 2. The maximum atomic E-state index is 14.7. The van der Waals surface area contributed by atoms with Gasteiger partial charge in [-0.05, 0) is 116 Å². The van der Waals surface area contributed by atoms with E-state index >= 15 is 0 Å². The first-order valence-corrected chi connectivity index (χ1v) is 17.3. The molecule has 1 aliphatic heterocycles. The normalized spacial score (nSPS) is 14.7. The summed E-state index contributed by atoms with van der Waals surface area (Å²) >= 11 is 0. The third-order valence-corrected chi connectivity index (χ3v) is 9.77. The minimum absolute atomic E-state index is 0.147. The van der Waals surface area contributed by atoms with E-state index < -0.39 is 23.2 Å². The fourth-order valence-corrected chi connectivity index (χ4v) is 6.95. The number of carbonyl (C=O) groups excluding carboxylic acids is 2. The van der Waals surface area contributed by atoms with Gasteiger partial charge in [-0.3, -0.25) is 14.5 Å². The van der Waals surface area contributed by atoms with Gasteiger partial charge >= 0.3 is 0 Å². The smallest absolute Gasteiger partial charge is 0.252 e. The number of nitrogens with one attached hydrogen (secondary N) is 2. The van der Waals surface area contributed by atoms with E-state index in [2.05, 4.69) is 29.4 Å². The van der Waals surface area contributed by atoms with Gasteiger partial charge in [-0.15, -0.1) is 0 Å². The van der Waals surface area contributed by atoms with Crippen molar-refractivity contribution in [3.05, 3.63) is 141 Å². The molecule has 266 valence electrons. The Balaban J connectivity index is 0.000000228. The number of likely N-dealkylation sites (tertiary alicyclic amines) is 1. The minimum Gasteiger partial charge on any atom is -0.343 e. The lowest BCUT2D eigenvalue weighted by Gasteiger charge is -2.42. The fraction of sp³-hybridized carbons (Fsp3) is 0.381. The van der Waals surface area contributed by atoms with Gasteiger partial charge in [-0.2, -0.15) is 0 Å². The van der Waals surface area contributed by atoms with E-state index in [0.717, 1.165) is 48.2 Å². The Labute approximate surface area is 296 Å². The molecule has 1 saturated heterocycles. The van der Waals surface area contributed by atoms with Crippen molar-refractivity contribution in [2.45, 2.75) is 91.4 Å². The second-order valence-corrected chi connectivity index (χ2v) is 14.6. The molecule has 8 heteroatoms. The van der Waals surface area contributed by atoms with Crippen LogP contribution in [0.25, 0.3) is 0 Å². The van der Waals surface area contributed by atoms with Gasteiger partial charge in [0.05, 0.1) is 12.1 Å². The first-order chi connectivity index (χ1) is 23.5. The molecule has 50 heavy (non-hydrogen) atoms. The summed E-state index contributed by atoms with van der Waals surface area (Å²) in [5, 5.41) is 6.08. The molecular formula is C42H52F2N4O2. The molecule has 2 atom stereocenters. The molecule has 1 fully saturated rings. The van der Waals surface area contributed by atoms with E-state index in [0.29, 0.717) is 22.3 Å². The van der Waals surface area contributed by atoms with Crippen LogP contribution in [0.4, 0.5) is 8.78 Å². The van der Waals surface area contributed by atoms with Crippen molar-refractivity contribution in [1.82, 2.24) is 15.5 Å². The lowest BCUT2D eigenvalue weighted by molar-refractivity contribution is 0.0771. The first kappa shape index (κ1) is 38.4. The van der Waals surface area contributed by atoms with E-state index in [1.54, 1.807) is 44.2 Å². The van der Waals surface area contributed by atoms with E-state index in [9.17, 15) is 18.4 Å². The highest BCUT2D eigenvalue weighted by molar-refractivity contribution is 5.98. The number of nitrogens with zero attached hydrogens (tertiary/aromatic N) is 1. The minimum atomic E-state index is -0.811. The van der Waals surface area contributed by atoms with Crippen molar-refractivity contribution in [3.63, 3.8) is 0 Å². The largest absolute Gasteiger partial charge is 0.343 e. The number of aryl methyl sites for hydroxylation is 4. The zero-order valence-corrected chi connectivity index (χ0v) is 30.7. The molecule has 0 spiro atoms. The number of hydrogen-bond donors (Lipinski definition) is 3. The van der Waals surface area contributed by atoms with Crippen molar-refractivity contribution in [2.75, 3.05) is 13.1 Å². The van der Waals surface area contributed by atoms with Gasteiger partial charge in [0.25, 0.3) is 11.8 Å². The van der Waals surface area contributed by atoms with E-state index in [1.165, 1.54) is 12.1 Å². The SMILES string of the molecule is Cc1cccc(C)c1C(=O)NC(c1ccccc1F)C(C)(C)N.Cc1cccc(C)c1C(=O)NC(c1ccccc1F)C(C)(C)N1CCCC1. The molecule has 4 aromatic carbocycles. The molecule has 5 rings (SSSR count). The molecule has 4 aromatic rings. The molecule has 2 amide bonds. The molecule has 2 unspecified atom stereocenters. The Hall–Kier alpha value is -4.40. The molecule has 0 aliphatic carbocycles. The lowest BCUT2D eigenvalue weighted by atomic mass is 9.86. The van der Waals surface area contributed by atoms with Crippen LogP contribution in [-0.4, -0.2) is 40.9 Å². The average Bonchev–Trinajstić information content (AvgIpc) is 3.60. The van der Waals surface area contributed by atoms with Crippen molar-refractivity contribution >= 4 is 11.8 Å². The lowest BCUT2D eigenvalue weighted by Crippen LogP contribution is -2.53. The van der Waals surface area contributed by atoms with Gasteiger partial charge in [-0.25, -0.2) is 8.78 Å². The van der Waals surface area contributed by atoms with Crippen LogP contribution in [0, 0.1) is 39.3 Å². The monoisotopic (exact) mass is 682 g/mol. The first-order valence-electron chi connectivity index (χ1n) is 17.3. The van der Waals surface area contributed by atoms with Crippen molar-refractivity contribution in [1.29, 1.82) is 0 Å². The van der Waals surface area contributed by atoms with Crippen molar-refractivity contribution in [2.24, 2.45) is 5.73 Å². The van der Waals surface area contributed by atoms with Crippen LogP contribution >= 0.6 is 0 Å². The van der Waals surface area contributed by atoms with Gasteiger partial charge in [0.1, 0.15) is 11.6 Å². The highest BCUT2D eigenvalue weighted by Gasteiger charge is 2.40. The predicted octanol–water partition coefficient (Wildman–Crippen LogP) is 8.44. The predicted molar refractivity (Wildman–Crippen MR) is 198 cm³/mol. The second kappa shape index (κ2) is 16.1. The Bertz CT molecular complexity index is 1770. The van der Waals surface area contributed by atoms with Crippen LogP contribution in [0.1, 0.15) is 107 Å². The summed E-state index contributed by atoms with van der Waals surface area (Å²) < 4.78 is 28.9. The van der Waals surface area contributed by atoms with Gasteiger partial charge in [0, 0.05) is 33.3 Å². The fourth-order valence-electron chi connectivity index (χ4n) is 6.95. The summed E-state index contributed by atoms with van der Waals surface area (Å²) in [4.78, 5) is 28.3. The van der Waals surface area contributed by atoms with E-state index in [4.69, 9.17) is 5.73 Å². The Kier molecular flexibility index (Phi) is 12.4. The number of benzene rings is 4. The van der Waals surface area contributed by atoms with Crippen LogP contribution in [0.2, 0.25) is 0 Å². The maximum absolute atomic E-state index is 14.7. The molecular weight excluding hydrogens is 630 g/mol. The zero-order chi connectivity index (χ0) is 36.8. The van der Waals surface area contributed by atoms with Crippen LogP contribution in [-0.2, 0) is 0 Å². The van der Waals surface area contributed by atoms with Crippen LogP contribution in [0.15, 0.2) is 84.9 Å². The number of rotatable bonds is 9. The molecule has 0 aromatic heterocycles. The van der Waals surface area contributed by atoms with Gasteiger partial charge in [0.15, 0.2) is 0 Å². The molecule has 0 radical (unpaired) electrons. The summed E-state index contributed by atoms with van der Waals surface area (Å²) in [7, 11) is 0. The zero-order valence-electron chi connectivity index (χ0n) is 30.7. The summed E-state index contributed by atoms with van der Waals surface area (Å²) in [5.74, 6) is -1.05. The molecule has 0 bridgehead atoms. The molecule has 0 saturated carbocycles. The van der Waals surface area contributed by atoms with E-state index in [-0.39, 0.29) is 23.4 Å². The number of carbonyl (C=O) groups is 2. The van der Waals surface area contributed by atoms with Gasteiger partial charge in [0.2, 0.25) is 0 Å². The summed E-state index contributed by atoms with van der Waals surface area (Å²) in [6.07, 6.45) is 2.27. The van der Waals surface area contributed by atoms with Crippen LogP contribution in [0.3, 0.4) is 0 Å². The topological polar surface area (TPSA) is 87.5 Å². The quantitative estimate of drug-likeness (QED) is 0.165. The highest BCUT2D eigenvalue weighted by atomic mass is 19.1. The van der Waals surface area contributed by atoms with Crippen molar-refractivity contribution in [3.8, 4) is 0 Å². The average molecular weight is 683 g/mol.